The van der Waals surface area contributed by atoms with Crippen LogP contribution in [0.4, 0.5) is 11.4 Å². The van der Waals surface area contributed by atoms with E-state index in [9.17, 15) is 9.59 Å². The third kappa shape index (κ3) is 6.37. The molecule has 0 spiro atoms. The fourth-order valence-electron chi connectivity index (χ4n) is 1.61. The Labute approximate surface area is 125 Å². The highest BCUT2D eigenvalue weighted by Crippen LogP contribution is 2.14. The van der Waals surface area contributed by atoms with Gasteiger partial charge in [0.1, 0.15) is 0 Å². The van der Waals surface area contributed by atoms with Gasteiger partial charge in [0.15, 0.2) is 0 Å². The van der Waals surface area contributed by atoms with Gasteiger partial charge in [0.25, 0.3) is 0 Å². The molecule has 116 valence electrons. The maximum Gasteiger partial charge on any atom is 0.241 e. The van der Waals surface area contributed by atoms with Gasteiger partial charge in [-0.25, -0.2) is 0 Å². The van der Waals surface area contributed by atoms with Crippen LogP contribution in [0.15, 0.2) is 24.3 Å². The van der Waals surface area contributed by atoms with Gasteiger partial charge in [-0.15, -0.1) is 0 Å². The third-order valence-corrected chi connectivity index (χ3v) is 3.00. The Hall–Kier alpha value is -1.92. The van der Waals surface area contributed by atoms with E-state index >= 15 is 0 Å². The summed E-state index contributed by atoms with van der Waals surface area (Å²) in [7, 11) is 3.84. The molecular weight excluding hydrogens is 268 g/mol. The lowest BCUT2D eigenvalue weighted by Crippen LogP contribution is -2.34. The third-order valence-electron chi connectivity index (χ3n) is 3.00. The second-order valence-corrected chi connectivity index (χ2v) is 5.18. The smallest absolute Gasteiger partial charge is 0.241 e. The monoisotopic (exact) mass is 292 g/mol. The number of amides is 2. The Balaban J connectivity index is 2.50. The number of nitrogens with zero attached hydrogens (tertiary/aromatic N) is 1. The topological polar surface area (TPSA) is 87.5 Å². The van der Waals surface area contributed by atoms with Crippen LogP contribution in [-0.2, 0) is 9.59 Å². The zero-order chi connectivity index (χ0) is 15.8. The van der Waals surface area contributed by atoms with Crippen molar-refractivity contribution < 1.29 is 9.59 Å². The molecule has 21 heavy (non-hydrogen) atoms. The fraction of sp³-hybridized carbons (Fsp3) is 0.467. The molecule has 0 heterocycles. The highest BCUT2D eigenvalue weighted by atomic mass is 16.2. The Morgan fingerprint density at radius 1 is 1.14 bits per heavy atom. The van der Waals surface area contributed by atoms with Gasteiger partial charge in [-0.1, -0.05) is 6.92 Å². The van der Waals surface area contributed by atoms with Crippen LogP contribution >= 0.6 is 0 Å². The SMILES string of the molecule is CC[C@H](N)C(=O)Nc1ccc(NC(=O)CCN(C)C)cc1. The molecule has 1 aromatic rings. The van der Waals surface area contributed by atoms with Gasteiger partial charge in [-0.2, -0.15) is 0 Å². The molecule has 1 aromatic carbocycles. The summed E-state index contributed by atoms with van der Waals surface area (Å²) in [5.74, 6) is -0.242. The van der Waals surface area contributed by atoms with E-state index in [-0.39, 0.29) is 11.8 Å². The molecule has 0 fully saturated rings. The quantitative estimate of drug-likeness (QED) is 0.706. The second-order valence-electron chi connectivity index (χ2n) is 5.18. The zero-order valence-electron chi connectivity index (χ0n) is 12.8. The van der Waals surface area contributed by atoms with Crippen molar-refractivity contribution in [1.82, 2.24) is 4.90 Å². The van der Waals surface area contributed by atoms with E-state index in [0.717, 1.165) is 0 Å². The maximum atomic E-state index is 11.7. The molecule has 0 aliphatic carbocycles. The lowest BCUT2D eigenvalue weighted by Gasteiger charge is -2.12. The van der Waals surface area contributed by atoms with Crippen LogP contribution in [0, 0.1) is 0 Å². The Kier molecular flexibility index (Phi) is 6.84. The summed E-state index contributed by atoms with van der Waals surface area (Å²) < 4.78 is 0. The van der Waals surface area contributed by atoms with Crippen molar-refractivity contribution in [3.8, 4) is 0 Å². The average molecular weight is 292 g/mol. The predicted octanol–water partition coefficient (Wildman–Crippen LogP) is 1.25. The van der Waals surface area contributed by atoms with Crippen LogP contribution in [0.2, 0.25) is 0 Å². The maximum absolute atomic E-state index is 11.7. The van der Waals surface area contributed by atoms with Gasteiger partial charge in [0.2, 0.25) is 11.8 Å². The van der Waals surface area contributed by atoms with Gasteiger partial charge in [-0.05, 0) is 44.8 Å². The van der Waals surface area contributed by atoms with E-state index in [0.29, 0.717) is 30.8 Å². The molecule has 0 saturated heterocycles. The normalized spacial score (nSPS) is 12.0. The fourth-order valence-corrected chi connectivity index (χ4v) is 1.61. The Morgan fingerprint density at radius 3 is 2.14 bits per heavy atom. The summed E-state index contributed by atoms with van der Waals surface area (Å²) in [6, 6.07) is 6.47. The van der Waals surface area contributed by atoms with Crippen LogP contribution < -0.4 is 16.4 Å². The summed E-state index contributed by atoms with van der Waals surface area (Å²) >= 11 is 0. The number of hydrogen-bond acceptors (Lipinski definition) is 4. The molecule has 4 N–H and O–H groups in total. The first-order chi connectivity index (χ1) is 9.92. The van der Waals surface area contributed by atoms with Crippen molar-refractivity contribution in [3.63, 3.8) is 0 Å². The number of carbonyl (C=O) groups is 2. The molecule has 0 radical (unpaired) electrons. The van der Waals surface area contributed by atoms with E-state index in [1.165, 1.54) is 0 Å². The lowest BCUT2D eigenvalue weighted by molar-refractivity contribution is -0.117. The minimum atomic E-state index is -0.504. The molecular formula is C15H24N4O2. The van der Waals surface area contributed by atoms with Crippen molar-refractivity contribution in [3.05, 3.63) is 24.3 Å². The summed E-state index contributed by atoms with van der Waals surface area (Å²) in [5.41, 5.74) is 7.01. The molecule has 1 atom stereocenters. The van der Waals surface area contributed by atoms with Gasteiger partial charge in [-0.3, -0.25) is 9.59 Å². The molecule has 2 amide bonds. The largest absolute Gasteiger partial charge is 0.326 e. The molecule has 0 bridgehead atoms. The highest BCUT2D eigenvalue weighted by molar-refractivity contribution is 5.95. The number of carbonyl (C=O) groups excluding carboxylic acids is 2. The number of nitrogens with two attached hydrogens (primary N) is 1. The minimum Gasteiger partial charge on any atom is -0.326 e. The molecule has 0 saturated carbocycles. The van der Waals surface area contributed by atoms with Gasteiger partial charge < -0.3 is 21.3 Å². The Morgan fingerprint density at radius 2 is 1.67 bits per heavy atom. The van der Waals surface area contributed by atoms with Gasteiger partial charge in [0.05, 0.1) is 6.04 Å². The van der Waals surface area contributed by atoms with Crippen molar-refractivity contribution >= 4 is 23.2 Å². The van der Waals surface area contributed by atoms with Crippen molar-refractivity contribution in [1.29, 1.82) is 0 Å². The summed E-state index contributed by atoms with van der Waals surface area (Å²) in [6.45, 7) is 2.56. The molecule has 0 unspecified atom stereocenters. The average Bonchev–Trinajstić information content (AvgIpc) is 2.46. The zero-order valence-corrected chi connectivity index (χ0v) is 12.8. The van der Waals surface area contributed by atoms with E-state index in [4.69, 9.17) is 5.73 Å². The van der Waals surface area contributed by atoms with E-state index < -0.39 is 6.04 Å². The highest BCUT2D eigenvalue weighted by Gasteiger charge is 2.10. The molecule has 6 nitrogen and oxygen atoms in total. The molecule has 0 aliphatic rings. The first kappa shape index (κ1) is 17.1. The second kappa shape index (κ2) is 8.39. The van der Waals surface area contributed by atoms with Gasteiger partial charge in [0, 0.05) is 24.3 Å². The van der Waals surface area contributed by atoms with Crippen LogP contribution in [0.1, 0.15) is 19.8 Å². The molecule has 0 aliphatic heterocycles. The van der Waals surface area contributed by atoms with Crippen LogP contribution in [0.5, 0.6) is 0 Å². The van der Waals surface area contributed by atoms with Gasteiger partial charge >= 0.3 is 0 Å². The van der Waals surface area contributed by atoms with E-state index in [1.54, 1.807) is 24.3 Å². The van der Waals surface area contributed by atoms with E-state index in [2.05, 4.69) is 10.6 Å². The molecule has 1 rings (SSSR count). The standard InChI is InChI=1S/C15H24N4O2/c1-4-13(16)15(21)18-12-7-5-11(6-8-12)17-14(20)9-10-19(2)3/h5-8,13H,4,9-10,16H2,1-3H3,(H,17,20)(H,18,21)/t13-/m0/s1. The predicted molar refractivity (Wildman–Crippen MR) is 85.1 cm³/mol. The van der Waals surface area contributed by atoms with Crippen molar-refractivity contribution in [2.24, 2.45) is 5.73 Å². The van der Waals surface area contributed by atoms with Crippen LogP contribution in [0.25, 0.3) is 0 Å². The summed E-state index contributed by atoms with van der Waals surface area (Å²) in [4.78, 5) is 25.3. The Bertz CT molecular complexity index is 471. The minimum absolute atomic E-state index is 0.0338. The van der Waals surface area contributed by atoms with Crippen LogP contribution in [-0.4, -0.2) is 43.4 Å². The summed E-state index contributed by atoms with van der Waals surface area (Å²) in [6.07, 6.45) is 1.03. The number of rotatable bonds is 7. The molecule has 0 aromatic heterocycles. The lowest BCUT2D eigenvalue weighted by atomic mass is 10.2. The number of benzene rings is 1. The van der Waals surface area contributed by atoms with E-state index in [1.807, 2.05) is 25.9 Å². The van der Waals surface area contributed by atoms with Crippen LogP contribution in [0.3, 0.4) is 0 Å². The van der Waals surface area contributed by atoms with Crippen molar-refractivity contribution in [2.45, 2.75) is 25.8 Å². The number of nitrogens with one attached hydrogen (secondary N) is 2. The first-order valence-electron chi connectivity index (χ1n) is 7.03. The summed E-state index contributed by atoms with van der Waals surface area (Å²) in [5, 5.41) is 5.54. The van der Waals surface area contributed by atoms with Crippen molar-refractivity contribution in [2.75, 3.05) is 31.3 Å². The first-order valence-corrected chi connectivity index (χ1v) is 7.03. The number of hydrogen-bond donors (Lipinski definition) is 3. The number of anilines is 2. The molecule has 6 heteroatoms.